The number of hydrogen-bond donors (Lipinski definition) is 0. The number of ether oxygens (including phenoxy) is 4. The highest BCUT2D eigenvalue weighted by Crippen LogP contribution is 2.39. The first-order chi connectivity index (χ1) is 12.0. The molecule has 0 saturated carbocycles. The lowest BCUT2D eigenvalue weighted by molar-refractivity contribution is -0.136. The van der Waals surface area contributed by atoms with Gasteiger partial charge in [0.15, 0.2) is 18.1 Å². The van der Waals surface area contributed by atoms with Crippen molar-refractivity contribution in [3.63, 3.8) is 0 Å². The van der Waals surface area contributed by atoms with E-state index in [-0.39, 0.29) is 23.8 Å². The second-order valence-electron chi connectivity index (χ2n) is 6.05. The van der Waals surface area contributed by atoms with Crippen LogP contribution in [0, 0.1) is 5.92 Å². The summed E-state index contributed by atoms with van der Waals surface area (Å²) in [5.74, 6) is 0.603. The number of nitrogens with zero attached hydrogens (tertiary/aromatic N) is 1. The molecule has 1 fully saturated rings. The van der Waals surface area contributed by atoms with Crippen LogP contribution in [0.5, 0.6) is 17.2 Å². The molecule has 1 atom stereocenters. The molecule has 2 rings (SSSR count). The van der Waals surface area contributed by atoms with E-state index >= 15 is 0 Å². The third-order valence-corrected chi connectivity index (χ3v) is 4.26. The molecule has 0 aromatic heterocycles. The third kappa shape index (κ3) is 4.35. The van der Waals surface area contributed by atoms with Gasteiger partial charge >= 0.3 is 5.97 Å². The van der Waals surface area contributed by atoms with Crippen molar-refractivity contribution in [1.29, 1.82) is 0 Å². The topological polar surface area (TPSA) is 74.3 Å². The first kappa shape index (κ1) is 18.9. The number of amides is 1. The van der Waals surface area contributed by atoms with Gasteiger partial charge in [-0.25, -0.2) is 4.79 Å². The van der Waals surface area contributed by atoms with Gasteiger partial charge in [0, 0.05) is 13.1 Å². The van der Waals surface area contributed by atoms with Gasteiger partial charge in [0.1, 0.15) is 5.56 Å². The van der Waals surface area contributed by atoms with Crippen LogP contribution in [0.2, 0.25) is 0 Å². The molecule has 1 heterocycles. The van der Waals surface area contributed by atoms with Crippen molar-refractivity contribution in [3.05, 3.63) is 17.7 Å². The van der Waals surface area contributed by atoms with Gasteiger partial charge in [-0.2, -0.15) is 0 Å². The van der Waals surface area contributed by atoms with E-state index in [1.54, 1.807) is 11.0 Å². The van der Waals surface area contributed by atoms with Crippen molar-refractivity contribution in [1.82, 2.24) is 4.90 Å². The lowest BCUT2D eigenvalue weighted by Crippen LogP contribution is -2.41. The Bertz CT molecular complexity index is 630. The summed E-state index contributed by atoms with van der Waals surface area (Å²) in [5.41, 5.74) is 0.181. The van der Waals surface area contributed by atoms with E-state index in [1.165, 1.54) is 27.4 Å². The molecule has 1 amide bonds. The van der Waals surface area contributed by atoms with Crippen molar-refractivity contribution >= 4 is 11.9 Å². The smallest absolute Gasteiger partial charge is 0.342 e. The second-order valence-corrected chi connectivity index (χ2v) is 6.05. The first-order valence-electron chi connectivity index (χ1n) is 8.25. The van der Waals surface area contributed by atoms with Gasteiger partial charge < -0.3 is 23.8 Å². The summed E-state index contributed by atoms with van der Waals surface area (Å²) in [6, 6.07) is 3.11. The predicted octanol–water partition coefficient (Wildman–Crippen LogP) is 2.13. The standard InChI is InChI=1S/C18H25NO6/c1-12-6-5-9-19(10-12)15(20)11-25-18(21)13-7-8-14(22-2)17(24-4)16(13)23-3/h7-8,12H,5-6,9-11H2,1-4H3/t12-/m1/s1. The summed E-state index contributed by atoms with van der Waals surface area (Å²) < 4.78 is 20.9. The number of methoxy groups -OCH3 is 3. The third-order valence-electron chi connectivity index (χ3n) is 4.26. The number of benzene rings is 1. The van der Waals surface area contributed by atoms with Gasteiger partial charge in [-0.05, 0) is 30.9 Å². The Labute approximate surface area is 147 Å². The molecular formula is C18H25NO6. The first-order valence-corrected chi connectivity index (χ1v) is 8.25. The fourth-order valence-corrected chi connectivity index (χ4v) is 2.97. The van der Waals surface area contributed by atoms with Crippen LogP contribution in [0.4, 0.5) is 0 Å². The molecule has 1 saturated heterocycles. The van der Waals surface area contributed by atoms with Crippen LogP contribution in [0.1, 0.15) is 30.1 Å². The van der Waals surface area contributed by atoms with E-state index in [0.29, 0.717) is 30.5 Å². The number of carbonyl (C=O) groups is 2. The second kappa shape index (κ2) is 8.60. The molecule has 0 aliphatic carbocycles. The highest BCUT2D eigenvalue weighted by Gasteiger charge is 2.25. The molecule has 0 N–H and O–H groups in total. The molecule has 0 radical (unpaired) electrons. The number of piperidine rings is 1. The van der Waals surface area contributed by atoms with Gasteiger partial charge in [-0.1, -0.05) is 6.92 Å². The molecule has 7 nitrogen and oxygen atoms in total. The van der Waals surface area contributed by atoms with Crippen LogP contribution in [0.15, 0.2) is 12.1 Å². The van der Waals surface area contributed by atoms with Gasteiger partial charge in [0.2, 0.25) is 5.75 Å². The Hall–Kier alpha value is -2.44. The molecule has 0 spiro atoms. The van der Waals surface area contributed by atoms with Gasteiger partial charge in [-0.3, -0.25) is 4.79 Å². The quantitative estimate of drug-likeness (QED) is 0.731. The van der Waals surface area contributed by atoms with Gasteiger partial charge in [0.25, 0.3) is 5.91 Å². The van der Waals surface area contributed by atoms with Crippen LogP contribution < -0.4 is 14.2 Å². The average molecular weight is 351 g/mol. The maximum absolute atomic E-state index is 12.4. The van der Waals surface area contributed by atoms with Crippen molar-refractivity contribution < 1.29 is 28.5 Å². The zero-order chi connectivity index (χ0) is 18.4. The van der Waals surface area contributed by atoms with Crippen molar-refractivity contribution in [2.24, 2.45) is 5.92 Å². The van der Waals surface area contributed by atoms with Crippen LogP contribution in [0.25, 0.3) is 0 Å². The summed E-state index contributed by atoms with van der Waals surface area (Å²) >= 11 is 0. The summed E-state index contributed by atoms with van der Waals surface area (Å²) in [4.78, 5) is 26.3. The normalized spacial score (nSPS) is 17.0. The lowest BCUT2D eigenvalue weighted by atomic mass is 10.0. The van der Waals surface area contributed by atoms with E-state index in [0.717, 1.165) is 12.8 Å². The van der Waals surface area contributed by atoms with E-state index in [9.17, 15) is 9.59 Å². The Kier molecular flexibility index (Phi) is 6.50. The minimum absolute atomic E-state index is 0.181. The van der Waals surface area contributed by atoms with E-state index in [4.69, 9.17) is 18.9 Å². The predicted molar refractivity (Wildman–Crippen MR) is 91.4 cm³/mol. The minimum Gasteiger partial charge on any atom is -0.493 e. The minimum atomic E-state index is -0.642. The molecule has 0 unspecified atom stereocenters. The van der Waals surface area contributed by atoms with E-state index in [2.05, 4.69) is 6.92 Å². The Morgan fingerprint density at radius 1 is 1.12 bits per heavy atom. The van der Waals surface area contributed by atoms with E-state index < -0.39 is 5.97 Å². The fraction of sp³-hybridized carbons (Fsp3) is 0.556. The number of esters is 1. The molecule has 1 aliphatic heterocycles. The van der Waals surface area contributed by atoms with Crippen LogP contribution >= 0.6 is 0 Å². The molecule has 1 aromatic rings. The van der Waals surface area contributed by atoms with Crippen LogP contribution in [-0.4, -0.2) is 57.8 Å². The van der Waals surface area contributed by atoms with E-state index in [1.807, 2.05) is 0 Å². The fourth-order valence-electron chi connectivity index (χ4n) is 2.97. The molecule has 0 bridgehead atoms. The van der Waals surface area contributed by atoms with Crippen molar-refractivity contribution in [2.45, 2.75) is 19.8 Å². The Morgan fingerprint density at radius 3 is 2.44 bits per heavy atom. The van der Waals surface area contributed by atoms with Gasteiger partial charge in [-0.15, -0.1) is 0 Å². The van der Waals surface area contributed by atoms with Crippen LogP contribution in [-0.2, 0) is 9.53 Å². The molecule has 7 heteroatoms. The molecule has 138 valence electrons. The summed E-state index contributed by atoms with van der Waals surface area (Å²) in [5, 5.41) is 0. The zero-order valence-corrected chi connectivity index (χ0v) is 15.2. The highest BCUT2D eigenvalue weighted by molar-refractivity contribution is 5.95. The summed E-state index contributed by atoms with van der Waals surface area (Å²) in [6.07, 6.45) is 2.09. The number of carbonyl (C=O) groups excluding carboxylic acids is 2. The number of hydrogen-bond acceptors (Lipinski definition) is 6. The number of likely N-dealkylation sites (tertiary alicyclic amines) is 1. The summed E-state index contributed by atoms with van der Waals surface area (Å²) in [6.45, 7) is 3.24. The van der Waals surface area contributed by atoms with Gasteiger partial charge in [0.05, 0.1) is 21.3 Å². The van der Waals surface area contributed by atoms with Crippen molar-refractivity contribution in [3.8, 4) is 17.2 Å². The molecule has 1 aliphatic rings. The molecular weight excluding hydrogens is 326 g/mol. The largest absolute Gasteiger partial charge is 0.493 e. The maximum atomic E-state index is 12.4. The lowest BCUT2D eigenvalue weighted by Gasteiger charge is -2.30. The summed E-state index contributed by atoms with van der Waals surface area (Å²) in [7, 11) is 4.37. The monoisotopic (exact) mass is 351 g/mol. The Balaban J connectivity index is 2.06. The average Bonchev–Trinajstić information content (AvgIpc) is 2.64. The number of rotatable bonds is 6. The highest BCUT2D eigenvalue weighted by atomic mass is 16.5. The molecule has 1 aromatic carbocycles. The Morgan fingerprint density at radius 2 is 1.84 bits per heavy atom. The van der Waals surface area contributed by atoms with Crippen molar-refractivity contribution in [2.75, 3.05) is 41.0 Å². The van der Waals surface area contributed by atoms with Crippen LogP contribution in [0.3, 0.4) is 0 Å². The zero-order valence-electron chi connectivity index (χ0n) is 15.2. The molecule has 25 heavy (non-hydrogen) atoms. The SMILES string of the molecule is COc1ccc(C(=O)OCC(=O)N2CCC[C@@H](C)C2)c(OC)c1OC. The maximum Gasteiger partial charge on any atom is 0.342 e.